The van der Waals surface area contributed by atoms with Gasteiger partial charge in [0.25, 0.3) is 0 Å². The van der Waals surface area contributed by atoms with Gasteiger partial charge in [0.1, 0.15) is 5.76 Å². The third-order valence-corrected chi connectivity index (χ3v) is 2.40. The highest BCUT2D eigenvalue weighted by atomic mass is 32.2. The Balaban J connectivity index is 2.86. The van der Waals surface area contributed by atoms with Crippen molar-refractivity contribution >= 4 is 15.9 Å². The fraction of sp³-hybridized carbons (Fsp3) is 0.667. The molecule has 4 nitrogen and oxygen atoms in total. The molecule has 1 aliphatic rings. The van der Waals surface area contributed by atoms with E-state index < -0.39 is 10.1 Å². The maximum Gasteiger partial charge on any atom is 0.305 e. The molecule has 14 heavy (non-hydrogen) atoms. The standard InChI is InChI=1S/C9H14O4S/c1-9(2)5-7(10)4-8(6-9)13-14(3,11)12/h4H,5-6H2,1-3H3. The van der Waals surface area contributed by atoms with E-state index in [-0.39, 0.29) is 17.0 Å². The highest BCUT2D eigenvalue weighted by molar-refractivity contribution is 7.86. The maximum absolute atomic E-state index is 11.2. The van der Waals surface area contributed by atoms with Gasteiger partial charge in [-0.15, -0.1) is 0 Å². The van der Waals surface area contributed by atoms with Crippen LogP contribution in [0, 0.1) is 5.41 Å². The van der Waals surface area contributed by atoms with Crippen molar-refractivity contribution in [3.8, 4) is 0 Å². The van der Waals surface area contributed by atoms with Gasteiger partial charge in [-0.25, -0.2) is 0 Å². The molecule has 0 aromatic rings. The average molecular weight is 218 g/mol. The molecule has 0 atom stereocenters. The van der Waals surface area contributed by atoms with Gasteiger partial charge in [0, 0.05) is 18.9 Å². The molecule has 0 unspecified atom stereocenters. The lowest BCUT2D eigenvalue weighted by molar-refractivity contribution is -0.117. The van der Waals surface area contributed by atoms with Crippen LogP contribution >= 0.6 is 0 Å². The van der Waals surface area contributed by atoms with Crippen LogP contribution in [0.2, 0.25) is 0 Å². The Morgan fingerprint density at radius 2 is 1.93 bits per heavy atom. The molecule has 0 aromatic heterocycles. The van der Waals surface area contributed by atoms with Crippen LogP contribution in [0.15, 0.2) is 11.8 Å². The van der Waals surface area contributed by atoms with Crippen molar-refractivity contribution in [2.45, 2.75) is 26.7 Å². The SMILES string of the molecule is CC1(C)CC(=O)C=C(OS(C)(=O)=O)C1. The Morgan fingerprint density at radius 1 is 1.36 bits per heavy atom. The van der Waals surface area contributed by atoms with E-state index in [1.165, 1.54) is 6.08 Å². The summed E-state index contributed by atoms with van der Waals surface area (Å²) in [6.07, 6.45) is 3.15. The molecule has 0 N–H and O–H groups in total. The fourth-order valence-corrected chi connectivity index (χ4v) is 2.03. The highest BCUT2D eigenvalue weighted by Crippen LogP contribution is 2.34. The van der Waals surface area contributed by atoms with Gasteiger partial charge in [-0.05, 0) is 5.41 Å². The highest BCUT2D eigenvalue weighted by Gasteiger charge is 2.29. The number of rotatable bonds is 2. The van der Waals surface area contributed by atoms with Gasteiger partial charge in [0.2, 0.25) is 0 Å². The molecule has 0 bridgehead atoms. The first-order valence-electron chi connectivity index (χ1n) is 4.31. The first-order chi connectivity index (χ1) is 6.18. The van der Waals surface area contributed by atoms with E-state index in [9.17, 15) is 13.2 Å². The largest absolute Gasteiger partial charge is 0.387 e. The number of hydrogen-bond acceptors (Lipinski definition) is 4. The van der Waals surface area contributed by atoms with Crippen LogP contribution in [0.3, 0.4) is 0 Å². The van der Waals surface area contributed by atoms with Crippen molar-refractivity contribution in [3.63, 3.8) is 0 Å². The maximum atomic E-state index is 11.2. The minimum absolute atomic E-state index is 0.0834. The Labute approximate surface area is 84.1 Å². The molecule has 0 saturated carbocycles. The van der Waals surface area contributed by atoms with Gasteiger partial charge in [0.15, 0.2) is 5.78 Å². The predicted molar refractivity (Wildman–Crippen MR) is 52.0 cm³/mol. The smallest absolute Gasteiger partial charge is 0.305 e. The summed E-state index contributed by atoms with van der Waals surface area (Å²) in [6.45, 7) is 3.81. The molecule has 0 saturated heterocycles. The molecule has 80 valence electrons. The average Bonchev–Trinajstić information content (AvgIpc) is 1.74. The third kappa shape index (κ3) is 3.49. The van der Waals surface area contributed by atoms with Gasteiger partial charge in [-0.3, -0.25) is 4.79 Å². The van der Waals surface area contributed by atoms with E-state index >= 15 is 0 Å². The zero-order valence-corrected chi connectivity index (χ0v) is 9.35. The van der Waals surface area contributed by atoms with E-state index in [1.807, 2.05) is 13.8 Å². The Kier molecular flexibility index (Phi) is 2.71. The van der Waals surface area contributed by atoms with Crippen molar-refractivity contribution in [3.05, 3.63) is 11.8 Å². The quantitative estimate of drug-likeness (QED) is 0.654. The number of carbonyl (C=O) groups is 1. The second-order valence-corrected chi connectivity index (χ2v) is 5.96. The van der Waals surface area contributed by atoms with Crippen LogP contribution in [0.25, 0.3) is 0 Å². The van der Waals surface area contributed by atoms with Crippen LogP contribution in [0.4, 0.5) is 0 Å². The van der Waals surface area contributed by atoms with Crippen LogP contribution in [-0.4, -0.2) is 20.5 Å². The lowest BCUT2D eigenvalue weighted by atomic mass is 9.80. The van der Waals surface area contributed by atoms with E-state index in [2.05, 4.69) is 0 Å². The number of hydrogen-bond donors (Lipinski definition) is 0. The second-order valence-electron chi connectivity index (χ2n) is 4.38. The molecule has 0 aliphatic heterocycles. The zero-order chi connectivity index (χ0) is 11.0. The van der Waals surface area contributed by atoms with Crippen molar-refractivity contribution in [2.75, 3.05) is 6.26 Å². The summed E-state index contributed by atoms with van der Waals surface area (Å²) in [5.41, 5.74) is -0.216. The summed E-state index contributed by atoms with van der Waals surface area (Å²) in [5.74, 6) is 0.161. The summed E-state index contributed by atoms with van der Waals surface area (Å²) in [5, 5.41) is 0. The molecule has 1 aliphatic carbocycles. The van der Waals surface area contributed by atoms with Crippen LogP contribution in [0.1, 0.15) is 26.7 Å². The Morgan fingerprint density at radius 3 is 2.36 bits per heavy atom. The summed E-state index contributed by atoms with van der Waals surface area (Å²) in [4.78, 5) is 11.2. The van der Waals surface area contributed by atoms with Gasteiger partial charge < -0.3 is 4.18 Å². The van der Waals surface area contributed by atoms with Crippen molar-refractivity contribution < 1.29 is 17.4 Å². The first kappa shape index (κ1) is 11.2. The minimum atomic E-state index is -3.52. The van der Waals surface area contributed by atoms with Gasteiger partial charge in [-0.2, -0.15) is 8.42 Å². The van der Waals surface area contributed by atoms with Gasteiger partial charge in [0.05, 0.1) is 6.26 Å². The van der Waals surface area contributed by atoms with Crippen molar-refractivity contribution in [2.24, 2.45) is 5.41 Å². The number of allylic oxidation sites excluding steroid dienone is 2. The second kappa shape index (κ2) is 3.38. The number of carbonyl (C=O) groups excluding carboxylic acids is 1. The summed E-state index contributed by atoms with van der Waals surface area (Å²) in [6, 6.07) is 0. The topological polar surface area (TPSA) is 60.4 Å². The van der Waals surface area contributed by atoms with Gasteiger partial charge >= 0.3 is 10.1 Å². The molecule has 0 aromatic carbocycles. The molecular weight excluding hydrogens is 204 g/mol. The normalized spacial score (nSPS) is 21.6. The number of ketones is 1. The van der Waals surface area contributed by atoms with Crippen LogP contribution in [0.5, 0.6) is 0 Å². The minimum Gasteiger partial charge on any atom is -0.387 e. The van der Waals surface area contributed by atoms with E-state index in [0.717, 1.165) is 6.26 Å². The molecule has 0 heterocycles. The zero-order valence-electron chi connectivity index (χ0n) is 8.53. The van der Waals surface area contributed by atoms with E-state index in [0.29, 0.717) is 12.8 Å². The van der Waals surface area contributed by atoms with Gasteiger partial charge in [-0.1, -0.05) is 13.8 Å². The van der Waals surface area contributed by atoms with Crippen molar-refractivity contribution in [1.29, 1.82) is 0 Å². The molecule has 0 amide bonds. The Bertz CT molecular complexity index is 376. The molecular formula is C9H14O4S. The monoisotopic (exact) mass is 218 g/mol. The summed E-state index contributed by atoms with van der Waals surface area (Å²) in [7, 11) is -3.52. The molecule has 5 heteroatoms. The lowest BCUT2D eigenvalue weighted by Gasteiger charge is -2.27. The first-order valence-corrected chi connectivity index (χ1v) is 6.12. The molecule has 0 radical (unpaired) electrons. The Hall–Kier alpha value is -0.840. The lowest BCUT2D eigenvalue weighted by Crippen LogP contribution is -2.23. The van der Waals surface area contributed by atoms with E-state index in [1.54, 1.807) is 0 Å². The molecule has 1 rings (SSSR count). The predicted octanol–water partition coefficient (Wildman–Crippen LogP) is 1.24. The molecule has 0 fully saturated rings. The molecule has 0 spiro atoms. The third-order valence-electron chi connectivity index (χ3n) is 1.89. The fourth-order valence-electron chi connectivity index (χ4n) is 1.54. The van der Waals surface area contributed by atoms with Crippen molar-refractivity contribution in [1.82, 2.24) is 0 Å². The van der Waals surface area contributed by atoms with Crippen LogP contribution in [-0.2, 0) is 19.1 Å². The summed E-state index contributed by atoms with van der Waals surface area (Å²) < 4.78 is 26.4. The van der Waals surface area contributed by atoms with E-state index in [4.69, 9.17) is 4.18 Å². The summed E-state index contributed by atoms with van der Waals surface area (Å²) >= 11 is 0. The van der Waals surface area contributed by atoms with Crippen LogP contribution < -0.4 is 0 Å².